The van der Waals surface area contributed by atoms with Crippen LogP contribution >= 0.6 is 0 Å². The Labute approximate surface area is 112 Å². The summed E-state index contributed by atoms with van der Waals surface area (Å²) in [5, 5.41) is 13.2. The van der Waals surface area contributed by atoms with Gasteiger partial charge in [0.25, 0.3) is 0 Å². The topological polar surface area (TPSA) is 76.4 Å². The lowest BCUT2D eigenvalue weighted by molar-refractivity contribution is -0.137. The Balaban J connectivity index is 2.34. The van der Waals surface area contributed by atoms with Crippen molar-refractivity contribution in [2.45, 2.75) is 13.1 Å². The van der Waals surface area contributed by atoms with Gasteiger partial charge in [-0.25, -0.2) is 9.66 Å². The molecule has 0 atom stereocenters. The van der Waals surface area contributed by atoms with Gasteiger partial charge in [0, 0.05) is 0 Å². The van der Waals surface area contributed by atoms with Crippen molar-refractivity contribution in [2.75, 3.05) is 5.73 Å². The number of hydrogen-bond donors (Lipinski definition) is 2. The third-order valence-electron chi connectivity index (χ3n) is 2.43. The summed E-state index contributed by atoms with van der Waals surface area (Å²) < 4.78 is 39.0. The minimum atomic E-state index is -4.54. The van der Waals surface area contributed by atoms with Crippen LogP contribution in [-0.4, -0.2) is 21.0 Å². The number of alkyl halides is 3. The zero-order chi connectivity index (χ0) is 14.9. The zero-order valence-corrected chi connectivity index (χ0v) is 10.4. The van der Waals surface area contributed by atoms with E-state index in [4.69, 9.17) is 5.73 Å². The molecule has 0 amide bonds. The molecule has 1 heterocycles. The average Bonchev–Trinajstić information content (AvgIpc) is 2.63. The van der Waals surface area contributed by atoms with Crippen LogP contribution in [0, 0.1) is 6.92 Å². The predicted octanol–water partition coefficient (Wildman–Crippen LogP) is 2.38. The summed E-state index contributed by atoms with van der Waals surface area (Å²) in [5.74, 6) is -0.369. The summed E-state index contributed by atoms with van der Waals surface area (Å²) in [4.78, 5) is 3.90. The van der Waals surface area contributed by atoms with Crippen molar-refractivity contribution >= 4 is 12.2 Å². The normalized spacial score (nSPS) is 12.2. The molecule has 3 N–H and O–H groups in total. The highest BCUT2D eigenvalue weighted by molar-refractivity contribution is 5.80. The molecular formula is C12H11F3N4O. The third-order valence-corrected chi connectivity index (χ3v) is 2.43. The number of imidazole rings is 1. The first-order chi connectivity index (χ1) is 9.25. The van der Waals surface area contributed by atoms with Crippen molar-refractivity contribution in [1.82, 2.24) is 9.66 Å². The molecule has 1 aromatic carbocycles. The maximum Gasteiger partial charge on any atom is 0.416 e. The van der Waals surface area contributed by atoms with E-state index in [1.165, 1.54) is 16.9 Å². The molecule has 0 saturated carbocycles. The first kappa shape index (κ1) is 13.9. The van der Waals surface area contributed by atoms with E-state index in [0.29, 0.717) is 11.8 Å². The monoisotopic (exact) mass is 284 g/mol. The van der Waals surface area contributed by atoms with Gasteiger partial charge in [0.05, 0.1) is 23.7 Å². The maximum absolute atomic E-state index is 12.6. The van der Waals surface area contributed by atoms with Gasteiger partial charge in [0.15, 0.2) is 0 Å². The molecule has 20 heavy (non-hydrogen) atoms. The Morgan fingerprint density at radius 1 is 1.35 bits per heavy atom. The first-order valence-electron chi connectivity index (χ1n) is 5.53. The van der Waals surface area contributed by atoms with Gasteiger partial charge in [0.1, 0.15) is 5.75 Å². The molecule has 2 aromatic rings. The fourth-order valence-electron chi connectivity index (χ4n) is 1.60. The van der Waals surface area contributed by atoms with Crippen LogP contribution in [-0.2, 0) is 6.18 Å². The van der Waals surface area contributed by atoms with Crippen LogP contribution in [0.25, 0.3) is 0 Å². The Kier molecular flexibility index (Phi) is 3.39. The smallest absolute Gasteiger partial charge is 0.416 e. The largest absolute Gasteiger partial charge is 0.508 e. The lowest BCUT2D eigenvalue weighted by Gasteiger charge is -2.07. The summed E-state index contributed by atoms with van der Waals surface area (Å²) >= 11 is 0. The Morgan fingerprint density at radius 2 is 2.05 bits per heavy atom. The minimum absolute atomic E-state index is 0.100. The molecule has 0 saturated heterocycles. The molecule has 0 spiro atoms. The quantitative estimate of drug-likeness (QED) is 0.831. The number of hydrogen-bond acceptors (Lipinski definition) is 4. The second kappa shape index (κ2) is 4.87. The molecular weight excluding hydrogens is 273 g/mol. The molecule has 106 valence electrons. The lowest BCUT2D eigenvalue weighted by Crippen LogP contribution is -2.05. The number of aromatic nitrogens is 2. The van der Waals surface area contributed by atoms with E-state index in [9.17, 15) is 18.3 Å². The van der Waals surface area contributed by atoms with E-state index >= 15 is 0 Å². The molecule has 2 rings (SSSR count). The molecule has 0 fully saturated rings. The summed E-state index contributed by atoms with van der Waals surface area (Å²) in [7, 11) is 0. The standard InChI is InChI=1S/C12H11F3N4O/c1-7-6-19(11(16)18-7)17-5-8-2-9(12(13,14)15)4-10(20)3-8/h2-6,20H,1H3,(H2,16,18). The number of rotatable bonds is 2. The fraction of sp³-hybridized carbons (Fsp3) is 0.167. The van der Waals surface area contributed by atoms with Crippen molar-refractivity contribution in [3.8, 4) is 5.75 Å². The van der Waals surface area contributed by atoms with E-state index in [2.05, 4.69) is 10.1 Å². The summed E-state index contributed by atoms with van der Waals surface area (Å²) in [5.41, 5.74) is 5.32. The van der Waals surface area contributed by atoms with Gasteiger partial charge in [-0.3, -0.25) is 0 Å². The van der Waals surface area contributed by atoms with E-state index < -0.39 is 17.5 Å². The molecule has 0 aliphatic heterocycles. The number of nitrogens with two attached hydrogens (primary N) is 1. The minimum Gasteiger partial charge on any atom is -0.508 e. The Morgan fingerprint density at radius 3 is 2.60 bits per heavy atom. The third kappa shape index (κ3) is 3.08. The second-order valence-corrected chi connectivity index (χ2v) is 4.14. The van der Waals surface area contributed by atoms with Gasteiger partial charge in [-0.1, -0.05) is 0 Å². The fourth-order valence-corrected chi connectivity index (χ4v) is 1.60. The molecule has 0 aliphatic rings. The Hall–Kier alpha value is -2.51. The van der Waals surface area contributed by atoms with Crippen molar-refractivity contribution in [2.24, 2.45) is 5.10 Å². The van der Waals surface area contributed by atoms with Crippen LogP contribution in [0.1, 0.15) is 16.8 Å². The van der Waals surface area contributed by atoms with Crippen LogP contribution in [0.5, 0.6) is 5.75 Å². The van der Waals surface area contributed by atoms with Crippen molar-refractivity contribution in [1.29, 1.82) is 0 Å². The number of nitrogen functional groups attached to an aromatic ring is 1. The molecule has 5 nitrogen and oxygen atoms in total. The molecule has 0 unspecified atom stereocenters. The van der Waals surface area contributed by atoms with Gasteiger partial charge in [-0.2, -0.15) is 18.3 Å². The number of nitrogens with zero attached hydrogens (tertiary/aromatic N) is 3. The zero-order valence-electron chi connectivity index (χ0n) is 10.4. The summed E-state index contributed by atoms with van der Waals surface area (Å²) in [6, 6.07) is 2.69. The number of anilines is 1. The highest BCUT2D eigenvalue weighted by Crippen LogP contribution is 2.31. The van der Waals surface area contributed by atoms with E-state index in [0.717, 1.165) is 12.3 Å². The molecule has 8 heteroatoms. The van der Waals surface area contributed by atoms with Crippen LogP contribution in [0.4, 0.5) is 19.1 Å². The van der Waals surface area contributed by atoms with Crippen molar-refractivity contribution < 1.29 is 18.3 Å². The molecule has 1 aromatic heterocycles. The SMILES string of the molecule is Cc1cn(N=Cc2cc(O)cc(C(F)(F)F)c2)c(N)n1. The van der Waals surface area contributed by atoms with Gasteiger partial charge in [0.2, 0.25) is 5.95 Å². The number of halogens is 3. The molecule has 0 radical (unpaired) electrons. The maximum atomic E-state index is 12.6. The van der Waals surface area contributed by atoms with E-state index in [1.54, 1.807) is 6.92 Å². The number of phenolic OH excluding ortho intramolecular Hbond substituents is 1. The number of aryl methyl sites for hydroxylation is 1. The van der Waals surface area contributed by atoms with Crippen molar-refractivity contribution in [3.63, 3.8) is 0 Å². The average molecular weight is 284 g/mol. The Bertz CT molecular complexity index is 661. The van der Waals surface area contributed by atoms with Gasteiger partial charge < -0.3 is 10.8 Å². The first-order valence-corrected chi connectivity index (χ1v) is 5.53. The molecule has 0 bridgehead atoms. The number of aromatic hydroxyl groups is 1. The second-order valence-electron chi connectivity index (χ2n) is 4.14. The predicted molar refractivity (Wildman–Crippen MR) is 67.5 cm³/mol. The van der Waals surface area contributed by atoms with Crippen LogP contribution in [0.15, 0.2) is 29.5 Å². The summed E-state index contributed by atoms with van der Waals surface area (Å²) in [6.45, 7) is 1.71. The van der Waals surface area contributed by atoms with E-state index in [1.807, 2.05) is 0 Å². The number of benzene rings is 1. The highest BCUT2D eigenvalue weighted by Gasteiger charge is 2.31. The lowest BCUT2D eigenvalue weighted by atomic mass is 10.1. The highest BCUT2D eigenvalue weighted by atomic mass is 19.4. The van der Waals surface area contributed by atoms with Gasteiger partial charge >= 0.3 is 6.18 Å². The van der Waals surface area contributed by atoms with Crippen molar-refractivity contribution in [3.05, 3.63) is 41.2 Å². The van der Waals surface area contributed by atoms with Gasteiger partial charge in [-0.05, 0) is 30.7 Å². The molecule has 0 aliphatic carbocycles. The van der Waals surface area contributed by atoms with Crippen LogP contribution in [0.3, 0.4) is 0 Å². The van der Waals surface area contributed by atoms with E-state index in [-0.39, 0.29) is 11.5 Å². The van der Waals surface area contributed by atoms with Crippen LogP contribution < -0.4 is 5.73 Å². The van der Waals surface area contributed by atoms with Gasteiger partial charge in [-0.15, -0.1) is 0 Å². The summed E-state index contributed by atoms with van der Waals surface area (Å²) in [6.07, 6.45) is -1.85. The van der Waals surface area contributed by atoms with Crippen LogP contribution in [0.2, 0.25) is 0 Å². The number of phenols is 1.